The van der Waals surface area contributed by atoms with Crippen LogP contribution in [0.2, 0.25) is 0 Å². The summed E-state index contributed by atoms with van der Waals surface area (Å²) in [5.74, 6) is 3.94. The molecule has 1 heterocycles. The van der Waals surface area contributed by atoms with Crippen molar-refractivity contribution in [2.75, 3.05) is 13.6 Å². The molecule has 0 spiro atoms. The third kappa shape index (κ3) is 3.86. The van der Waals surface area contributed by atoms with E-state index in [9.17, 15) is 0 Å². The Morgan fingerprint density at radius 1 is 1.38 bits per heavy atom. The largest absolute Gasteiger partial charge is 0.360 e. The van der Waals surface area contributed by atoms with Gasteiger partial charge < -0.3 is 9.84 Å². The van der Waals surface area contributed by atoms with Crippen molar-refractivity contribution in [3.8, 4) is 0 Å². The third-order valence-corrected chi connectivity index (χ3v) is 5.16. The molecule has 118 valence electrons. The summed E-state index contributed by atoms with van der Waals surface area (Å²) < 4.78 is 5.46. The maximum absolute atomic E-state index is 5.46. The molecule has 2 aliphatic carbocycles. The standard InChI is InChI=1S/C17H29N3O/c1-12(2)18-9-16-8-17(21-19-16)11-20(3)10-15-7-13-4-5-14(15)6-13/h8,12-15,18H,4-7,9-11H2,1-3H3. The highest BCUT2D eigenvalue weighted by atomic mass is 16.5. The van der Waals surface area contributed by atoms with Crippen LogP contribution in [0.25, 0.3) is 0 Å². The fourth-order valence-electron chi connectivity index (χ4n) is 4.15. The van der Waals surface area contributed by atoms with E-state index in [1.165, 1.54) is 32.2 Å². The first-order chi connectivity index (χ1) is 10.1. The van der Waals surface area contributed by atoms with Gasteiger partial charge in [0, 0.05) is 25.2 Å². The molecule has 2 aliphatic rings. The summed E-state index contributed by atoms with van der Waals surface area (Å²) in [7, 11) is 2.21. The van der Waals surface area contributed by atoms with Crippen LogP contribution in [0.5, 0.6) is 0 Å². The monoisotopic (exact) mass is 291 g/mol. The molecule has 2 bridgehead atoms. The van der Waals surface area contributed by atoms with Gasteiger partial charge in [0.15, 0.2) is 5.76 Å². The average Bonchev–Trinajstić information content (AvgIpc) is 3.12. The quantitative estimate of drug-likeness (QED) is 0.838. The molecule has 1 aromatic rings. The van der Waals surface area contributed by atoms with Gasteiger partial charge in [0.05, 0.1) is 12.2 Å². The van der Waals surface area contributed by atoms with Crippen LogP contribution in [0, 0.1) is 17.8 Å². The SMILES string of the molecule is CC(C)NCc1cc(CN(C)CC2CC3CCC2C3)on1. The second kappa shape index (κ2) is 6.49. The first kappa shape index (κ1) is 15.0. The molecule has 0 saturated heterocycles. The summed E-state index contributed by atoms with van der Waals surface area (Å²) in [6, 6.07) is 2.57. The zero-order valence-corrected chi connectivity index (χ0v) is 13.6. The van der Waals surface area contributed by atoms with E-state index in [0.717, 1.165) is 42.3 Å². The normalized spacial score (nSPS) is 28.1. The first-order valence-electron chi connectivity index (χ1n) is 8.46. The molecular formula is C17H29N3O. The predicted octanol–water partition coefficient (Wildman–Crippen LogP) is 3.04. The van der Waals surface area contributed by atoms with Gasteiger partial charge in [-0.2, -0.15) is 0 Å². The van der Waals surface area contributed by atoms with Crippen molar-refractivity contribution in [3.05, 3.63) is 17.5 Å². The summed E-state index contributed by atoms with van der Waals surface area (Å²) in [5, 5.41) is 7.52. The Bertz CT molecular complexity index is 457. The molecule has 4 heteroatoms. The zero-order valence-electron chi connectivity index (χ0n) is 13.6. The fraction of sp³-hybridized carbons (Fsp3) is 0.824. The van der Waals surface area contributed by atoms with E-state index in [4.69, 9.17) is 4.52 Å². The minimum absolute atomic E-state index is 0.477. The Kier molecular flexibility index (Phi) is 4.65. The molecule has 0 aliphatic heterocycles. The van der Waals surface area contributed by atoms with Gasteiger partial charge in [-0.25, -0.2) is 0 Å². The van der Waals surface area contributed by atoms with Crippen LogP contribution in [0.15, 0.2) is 10.6 Å². The molecule has 1 aromatic heterocycles. The molecule has 21 heavy (non-hydrogen) atoms. The van der Waals surface area contributed by atoms with E-state index in [-0.39, 0.29) is 0 Å². The lowest BCUT2D eigenvalue weighted by Gasteiger charge is -2.26. The number of hydrogen-bond donors (Lipinski definition) is 1. The van der Waals surface area contributed by atoms with Crippen molar-refractivity contribution in [1.82, 2.24) is 15.4 Å². The summed E-state index contributed by atoms with van der Waals surface area (Å²) in [4.78, 5) is 2.41. The van der Waals surface area contributed by atoms with Crippen molar-refractivity contribution in [2.24, 2.45) is 17.8 Å². The van der Waals surface area contributed by atoms with Gasteiger partial charge in [-0.1, -0.05) is 25.4 Å². The maximum atomic E-state index is 5.46. The summed E-state index contributed by atoms with van der Waals surface area (Å²) in [6.45, 7) is 7.16. The van der Waals surface area contributed by atoms with E-state index in [2.05, 4.69) is 42.3 Å². The smallest absolute Gasteiger partial charge is 0.151 e. The van der Waals surface area contributed by atoms with Gasteiger partial charge in [-0.15, -0.1) is 0 Å². The van der Waals surface area contributed by atoms with Crippen LogP contribution >= 0.6 is 0 Å². The lowest BCUT2D eigenvalue weighted by molar-refractivity contribution is 0.198. The molecule has 0 radical (unpaired) electrons. The van der Waals surface area contributed by atoms with Crippen LogP contribution in [-0.4, -0.2) is 29.7 Å². The van der Waals surface area contributed by atoms with Crippen molar-refractivity contribution >= 4 is 0 Å². The van der Waals surface area contributed by atoms with E-state index in [1.54, 1.807) is 0 Å². The predicted molar refractivity (Wildman–Crippen MR) is 83.8 cm³/mol. The Balaban J connectivity index is 1.45. The van der Waals surface area contributed by atoms with Gasteiger partial charge >= 0.3 is 0 Å². The topological polar surface area (TPSA) is 41.3 Å². The highest BCUT2D eigenvalue weighted by Gasteiger charge is 2.39. The second-order valence-electron chi connectivity index (χ2n) is 7.45. The summed E-state index contributed by atoms with van der Waals surface area (Å²) in [6.07, 6.45) is 5.90. The molecule has 1 N–H and O–H groups in total. The molecule has 3 unspecified atom stereocenters. The molecular weight excluding hydrogens is 262 g/mol. The van der Waals surface area contributed by atoms with E-state index >= 15 is 0 Å². The number of aromatic nitrogens is 1. The van der Waals surface area contributed by atoms with Crippen molar-refractivity contribution in [2.45, 2.75) is 58.7 Å². The van der Waals surface area contributed by atoms with Crippen molar-refractivity contribution in [3.63, 3.8) is 0 Å². The number of hydrogen-bond acceptors (Lipinski definition) is 4. The number of nitrogens with zero attached hydrogens (tertiary/aromatic N) is 2. The second-order valence-corrected chi connectivity index (χ2v) is 7.45. The number of fused-ring (bicyclic) bond motifs is 2. The fourth-order valence-corrected chi connectivity index (χ4v) is 4.15. The molecule has 2 saturated carbocycles. The first-order valence-corrected chi connectivity index (χ1v) is 8.46. The third-order valence-electron chi connectivity index (χ3n) is 5.16. The van der Waals surface area contributed by atoms with Crippen molar-refractivity contribution in [1.29, 1.82) is 0 Å². The highest BCUT2D eigenvalue weighted by Crippen LogP contribution is 2.48. The van der Waals surface area contributed by atoms with Crippen LogP contribution in [0.4, 0.5) is 0 Å². The number of rotatable bonds is 7. The molecule has 3 rings (SSSR count). The maximum Gasteiger partial charge on any atom is 0.151 e. The van der Waals surface area contributed by atoms with Crippen LogP contribution in [0.1, 0.15) is 51.0 Å². The van der Waals surface area contributed by atoms with E-state index in [1.807, 2.05) is 0 Å². The van der Waals surface area contributed by atoms with Gasteiger partial charge in [0.2, 0.25) is 0 Å². The average molecular weight is 291 g/mol. The highest BCUT2D eigenvalue weighted by molar-refractivity contribution is 5.05. The molecule has 0 amide bonds. The van der Waals surface area contributed by atoms with Gasteiger partial charge in [0.25, 0.3) is 0 Å². The summed E-state index contributed by atoms with van der Waals surface area (Å²) in [5.41, 5.74) is 1.01. The zero-order chi connectivity index (χ0) is 14.8. The van der Waals surface area contributed by atoms with Crippen LogP contribution < -0.4 is 5.32 Å². The van der Waals surface area contributed by atoms with Gasteiger partial charge in [-0.05, 0) is 44.1 Å². The van der Waals surface area contributed by atoms with E-state index in [0.29, 0.717) is 6.04 Å². The Hall–Kier alpha value is -0.870. The van der Waals surface area contributed by atoms with Crippen LogP contribution in [-0.2, 0) is 13.1 Å². The molecule has 0 aromatic carbocycles. The van der Waals surface area contributed by atoms with Gasteiger partial charge in [-0.3, -0.25) is 4.90 Å². The van der Waals surface area contributed by atoms with E-state index < -0.39 is 0 Å². The van der Waals surface area contributed by atoms with Gasteiger partial charge in [0.1, 0.15) is 0 Å². The minimum Gasteiger partial charge on any atom is -0.360 e. The lowest BCUT2D eigenvalue weighted by atomic mass is 9.88. The molecule has 2 fully saturated rings. The van der Waals surface area contributed by atoms with Crippen molar-refractivity contribution < 1.29 is 4.52 Å². The Labute approximate surface area is 128 Å². The molecule has 3 atom stereocenters. The number of nitrogens with one attached hydrogen (secondary N) is 1. The summed E-state index contributed by atoms with van der Waals surface area (Å²) >= 11 is 0. The molecule has 4 nitrogen and oxygen atoms in total. The Morgan fingerprint density at radius 2 is 2.24 bits per heavy atom. The minimum atomic E-state index is 0.477. The Morgan fingerprint density at radius 3 is 2.90 bits per heavy atom. The van der Waals surface area contributed by atoms with Crippen LogP contribution in [0.3, 0.4) is 0 Å². The lowest BCUT2D eigenvalue weighted by Crippen LogP contribution is -2.28.